The van der Waals surface area contributed by atoms with Crippen LogP contribution in [-0.4, -0.2) is 36.8 Å². The number of thiophene rings is 1. The molecule has 2 rings (SSSR count). The van der Waals surface area contributed by atoms with E-state index >= 15 is 0 Å². The minimum Gasteiger partial charge on any atom is -0.388 e. The summed E-state index contributed by atoms with van der Waals surface area (Å²) in [6.07, 6.45) is 2.89. The van der Waals surface area contributed by atoms with E-state index in [9.17, 15) is 5.11 Å². The van der Waals surface area contributed by atoms with Crippen LogP contribution in [0.5, 0.6) is 0 Å². The van der Waals surface area contributed by atoms with Gasteiger partial charge in [0.15, 0.2) is 5.96 Å². The number of hydrogen-bond donors (Lipinski definition) is 3. The van der Waals surface area contributed by atoms with E-state index in [2.05, 4.69) is 47.0 Å². The molecule has 1 heterocycles. The fourth-order valence-corrected chi connectivity index (χ4v) is 3.14. The molecule has 1 aromatic rings. The lowest BCUT2D eigenvalue weighted by molar-refractivity contribution is -0.0279. The maximum atomic E-state index is 10.1. The predicted octanol–water partition coefficient (Wildman–Crippen LogP) is 2.72. The lowest BCUT2D eigenvalue weighted by Gasteiger charge is -2.37. The van der Waals surface area contributed by atoms with Gasteiger partial charge in [0.25, 0.3) is 0 Å². The van der Waals surface area contributed by atoms with Crippen molar-refractivity contribution in [3.8, 4) is 0 Å². The number of halogens is 1. The summed E-state index contributed by atoms with van der Waals surface area (Å²) in [6, 6.07) is 4.25. The monoisotopic (exact) mass is 423 g/mol. The first-order valence-corrected chi connectivity index (χ1v) is 8.04. The van der Waals surface area contributed by atoms with Gasteiger partial charge in [-0.3, -0.25) is 4.99 Å². The second-order valence-corrected chi connectivity index (χ2v) is 7.17. The first kappa shape index (κ1) is 18.7. The molecule has 1 aliphatic carbocycles. The van der Waals surface area contributed by atoms with E-state index in [4.69, 9.17) is 0 Å². The van der Waals surface area contributed by atoms with Crippen LogP contribution in [0.15, 0.2) is 22.5 Å². The third-order valence-corrected chi connectivity index (χ3v) is 5.21. The molecule has 21 heavy (non-hydrogen) atoms. The number of rotatable bonds is 5. The Kier molecular flexibility index (Phi) is 6.93. The van der Waals surface area contributed by atoms with Gasteiger partial charge in [-0.05, 0) is 30.7 Å². The summed E-state index contributed by atoms with van der Waals surface area (Å²) in [5.41, 5.74) is -0.458. The van der Waals surface area contributed by atoms with Gasteiger partial charge >= 0.3 is 0 Å². The van der Waals surface area contributed by atoms with Gasteiger partial charge < -0.3 is 15.7 Å². The minimum atomic E-state index is -0.527. The van der Waals surface area contributed by atoms with Gasteiger partial charge in [0.05, 0.1) is 5.60 Å². The largest absolute Gasteiger partial charge is 0.388 e. The highest BCUT2D eigenvalue weighted by atomic mass is 127. The molecule has 3 N–H and O–H groups in total. The normalized spacial score (nSPS) is 17.6. The Balaban J connectivity index is 0.00000220. The van der Waals surface area contributed by atoms with Gasteiger partial charge in [-0.1, -0.05) is 19.9 Å². The summed E-state index contributed by atoms with van der Waals surface area (Å²) >= 11 is 1.78. The third-order valence-electron chi connectivity index (χ3n) is 3.98. The zero-order valence-electron chi connectivity index (χ0n) is 13.0. The van der Waals surface area contributed by atoms with Crippen LogP contribution in [0, 0.1) is 0 Å². The third kappa shape index (κ3) is 5.10. The summed E-state index contributed by atoms with van der Waals surface area (Å²) in [5, 5.41) is 18.8. The molecule has 0 atom stereocenters. The first-order valence-electron chi connectivity index (χ1n) is 7.16. The number of hydrogen-bond acceptors (Lipinski definition) is 3. The molecule has 0 saturated heterocycles. The molecule has 0 aromatic carbocycles. The van der Waals surface area contributed by atoms with Gasteiger partial charge in [0, 0.05) is 30.4 Å². The highest BCUT2D eigenvalue weighted by Gasteiger charge is 2.34. The van der Waals surface area contributed by atoms with Crippen molar-refractivity contribution in [3.05, 3.63) is 22.4 Å². The highest BCUT2D eigenvalue weighted by molar-refractivity contribution is 14.0. The Labute approximate surface area is 148 Å². The van der Waals surface area contributed by atoms with Crippen LogP contribution in [0.25, 0.3) is 0 Å². The molecule has 4 nitrogen and oxygen atoms in total. The van der Waals surface area contributed by atoms with E-state index < -0.39 is 5.60 Å². The van der Waals surface area contributed by atoms with E-state index in [0.29, 0.717) is 6.54 Å². The molecule has 0 radical (unpaired) electrons. The first-order chi connectivity index (χ1) is 9.45. The van der Waals surface area contributed by atoms with Crippen LogP contribution < -0.4 is 10.6 Å². The van der Waals surface area contributed by atoms with Gasteiger partial charge in [-0.15, -0.1) is 35.3 Å². The summed E-state index contributed by atoms with van der Waals surface area (Å²) in [4.78, 5) is 5.58. The van der Waals surface area contributed by atoms with Gasteiger partial charge in [0.1, 0.15) is 0 Å². The van der Waals surface area contributed by atoms with E-state index in [1.165, 1.54) is 4.88 Å². The van der Waals surface area contributed by atoms with E-state index in [0.717, 1.165) is 31.8 Å². The Morgan fingerprint density at radius 1 is 1.43 bits per heavy atom. The van der Waals surface area contributed by atoms with Crippen molar-refractivity contribution in [3.63, 3.8) is 0 Å². The smallest absolute Gasteiger partial charge is 0.191 e. The molecule has 0 spiro atoms. The number of guanidine groups is 1. The second-order valence-electron chi connectivity index (χ2n) is 6.22. The molecule has 120 valence electrons. The Morgan fingerprint density at radius 2 is 2.14 bits per heavy atom. The Morgan fingerprint density at radius 3 is 2.62 bits per heavy atom. The molecule has 0 unspecified atom stereocenters. The van der Waals surface area contributed by atoms with Crippen LogP contribution in [0.2, 0.25) is 0 Å². The lowest BCUT2D eigenvalue weighted by Crippen LogP contribution is -2.51. The molecule has 1 fully saturated rings. The standard InChI is InChI=1S/C15H25N3OS.HI/c1-14(2,12-6-4-9-20-12)10-17-13(16-3)18-11-15(19)7-5-8-15;/h4,6,9,19H,5,7-8,10-11H2,1-3H3,(H2,16,17,18);1H. The van der Waals surface area contributed by atoms with Crippen molar-refractivity contribution in [1.29, 1.82) is 0 Å². The van der Waals surface area contributed by atoms with E-state index in [1.54, 1.807) is 18.4 Å². The van der Waals surface area contributed by atoms with E-state index in [-0.39, 0.29) is 29.4 Å². The summed E-state index contributed by atoms with van der Waals surface area (Å²) in [5.74, 6) is 0.759. The summed E-state index contributed by atoms with van der Waals surface area (Å²) < 4.78 is 0. The molecule has 1 saturated carbocycles. The zero-order valence-corrected chi connectivity index (χ0v) is 16.1. The van der Waals surface area contributed by atoms with Gasteiger partial charge in [0.2, 0.25) is 0 Å². The fourth-order valence-electron chi connectivity index (χ4n) is 2.29. The van der Waals surface area contributed by atoms with Crippen molar-refractivity contribution in [2.45, 2.75) is 44.1 Å². The van der Waals surface area contributed by atoms with Gasteiger partial charge in [-0.25, -0.2) is 0 Å². The maximum Gasteiger partial charge on any atom is 0.191 e. The van der Waals surface area contributed by atoms with Crippen LogP contribution in [0.1, 0.15) is 38.0 Å². The predicted molar refractivity (Wildman–Crippen MR) is 101 cm³/mol. The van der Waals surface area contributed by atoms with Crippen molar-refractivity contribution in [1.82, 2.24) is 10.6 Å². The van der Waals surface area contributed by atoms with Crippen LogP contribution in [-0.2, 0) is 5.41 Å². The lowest BCUT2D eigenvalue weighted by atomic mass is 9.80. The Hall–Kier alpha value is -0.340. The van der Waals surface area contributed by atoms with Gasteiger partial charge in [-0.2, -0.15) is 0 Å². The van der Waals surface area contributed by atoms with Crippen LogP contribution in [0.3, 0.4) is 0 Å². The van der Waals surface area contributed by atoms with Crippen LogP contribution in [0.4, 0.5) is 0 Å². The number of nitrogens with one attached hydrogen (secondary N) is 2. The van der Waals surface area contributed by atoms with Crippen molar-refractivity contribution in [2.24, 2.45) is 4.99 Å². The molecule has 0 bridgehead atoms. The molecular formula is C15H26IN3OS. The average Bonchev–Trinajstić information content (AvgIpc) is 2.91. The topological polar surface area (TPSA) is 56.7 Å². The zero-order chi connectivity index (χ0) is 14.6. The van der Waals surface area contributed by atoms with E-state index in [1.807, 2.05) is 0 Å². The van der Waals surface area contributed by atoms with Crippen LogP contribution >= 0.6 is 35.3 Å². The average molecular weight is 423 g/mol. The molecule has 6 heteroatoms. The summed E-state index contributed by atoms with van der Waals surface area (Å²) in [6.45, 7) is 5.83. The second kappa shape index (κ2) is 7.78. The molecule has 0 amide bonds. The number of aliphatic imine (C=N–C) groups is 1. The molecule has 1 aromatic heterocycles. The molecular weight excluding hydrogens is 397 g/mol. The van der Waals surface area contributed by atoms with Crippen molar-refractivity contribution < 1.29 is 5.11 Å². The minimum absolute atomic E-state index is 0. The highest BCUT2D eigenvalue weighted by Crippen LogP contribution is 2.30. The summed E-state index contributed by atoms with van der Waals surface area (Å²) in [7, 11) is 1.76. The van der Waals surface area contributed by atoms with Crippen molar-refractivity contribution >= 4 is 41.3 Å². The Bertz CT molecular complexity index is 455. The van der Waals surface area contributed by atoms with Crippen molar-refractivity contribution in [2.75, 3.05) is 20.1 Å². The fraction of sp³-hybridized carbons (Fsp3) is 0.667. The SMILES string of the molecule is CN=C(NCC1(O)CCC1)NCC(C)(C)c1cccs1.I. The maximum absolute atomic E-state index is 10.1. The molecule has 0 aliphatic heterocycles. The molecule has 1 aliphatic rings. The quantitative estimate of drug-likeness (QED) is 0.388. The number of aliphatic hydroxyl groups is 1. The number of nitrogens with zero attached hydrogens (tertiary/aromatic N) is 1.